The van der Waals surface area contributed by atoms with E-state index in [1.54, 1.807) is 6.07 Å². The van der Waals surface area contributed by atoms with Crippen LogP contribution in [0.4, 0.5) is 0 Å². The Morgan fingerprint density at radius 1 is 1.24 bits per heavy atom. The van der Waals surface area contributed by atoms with Crippen molar-refractivity contribution in [1.82, 2.24) is 19.7 Å². The van der Waals surface area contributed by atoms with Gasteiger partial charge in [-0.15, -0.1) is 0 Å². The van der Waals surface area contributed by atoms with Gasteiger partial charge in [0, 0.05) is 19.2 Å². The van der Waals surface area contributed by atoms with E-state index >= 15 is 0 Å². The lowest BCUT2D eigenvalue weighted by Gasteiger charge is -2.04. The van der Waals surface area contributed by atoms with Crippen LogP contribution in [0.1, 0.15) is 30.1 Å². The minimum absolute atomic E-state index is 0.0783. The largest absolute Gasteiger partial charge is 0.310 e. The summed E-state index contributed by atoms with van der Waals surface area (Å²) in [6.07, 6.45) is 9.97. The number of aryl methyl sites for hydroxylation is 3. The quantitative estimate of drug-likeness (QED) is 0.798. The van der Waals surface area contributed by atoms with Crippen LogP contribution in [0.5, 0.6) is 0 Å². The zero-order valence-corrected chi connectivity index (χ0v) is 14.2. The predicted molar refractivity (Wildman–Crippen MR) is 99.3 cm³/mol. The van der Waals surface area contributed by atoms with Crippen molar-refractivity contribution in [2.45, 2.75) is 25.7 Å². The molecule has 2 aromatic heterocycles. The first kappa shape index (κ1) is 15.6. The second kappa shape index (κ2) is 6.51. The van der Waals surface area contributed by atoms with Crippen LogP contribution in [0.2, 0.25) is 0 Å². The second-order valence-electron chi connectivity index (χ2n) is 6.33. The van der Waals surface area contributed by atoms with Gasteiger partial charge in [-0.25, -0.2) is 4.98 Å². The second-order valence-corrected chi connectivity index (χ2v) is 6.33. The van der Waals surface area contributed by atoms with E-state index in [9.17, 15) is 4.79 Å². The van der Waals surface area contributed by atoms with Crippen molar-refractivity contribution < 1.29 is 0 Å². The van der Waals surface area contributed by atoms with Crippen LogP contribution in [0, 0.1) is 0 Å². The molecule has 3 aromatic rings. The van der Waals surface area contributed by atoms with Gasteiger partial charge >= 0.3 is 0 Å². The van der Waals surface area contributed by atoms with E-state index in [1.165, 1.54) is 5.57 Å². The van der Waals surface area contributed by atoms with Gasteiger partial charge in [-0.2, -0.15) is 5.10 Å². The lowest BCUT2D eigenvalue weighted by atomic mass is 10.0. The Hall–Kier alpha value is -2.95. The molecule has 0 fully saturated rings. The van der Waals surface area contributed by atoms with Crippen molar-refractivity contribution in [2.75, 3.05) is 0 Å². The number of hydrogen-bond acceptors (Lipinski definition) is 3. The number of nitrogens with zero attached hydrogens (tertiary/aromatic N) is 3. The zero-order chi connectivity index (χ0) is 17.2. The summed E-state index contributed by atoms with van der Waals surface area (Å²) in [5.74, 6) is 0.714. The maximum atomic E-state index is 12.2. The van der Waals surface area contributed by atoms with Crippen LogP contribution in [0.3, 0.4) is 0 Å². The number of aromatic nitrogens is 4. The minimum Gasteiger partial charge on any atom is -0.310 e. The van der Waals surface area contributed by atoms with Crippen molar-refractivity contribution in [3.05, 3.63) is 76.1 Å². The third kappa shape index (κ3) is 3.18. The molecule has 5 heteroatoms. The predicted octanol–water partition coefficient (Wildman–Crippen LogP) is 3.18. The van der Waals surface area contributed by atoms with Crippen LogP contribution in [0.25, 0.3) is 16.5 Å². The Morgan fingerprint density at radius 2 is 2.12 bits per heavy atom. The van der Waals surface area contributed by atoms with Gasteiger partial charge in [-0.05, 0) is 43.0 Å². The fourth-order valence-electron chi connectivity index (χ4n) is 3.21. The Morgan fingerprint density at radius 3 is 2.96 bits per heavy atom. The summed E-state index contributed by atoms with van der Waals surface area (Å²) in [6, 6.07) is 9.57. The molecular weight excluding hydrogens is 312 g/mol. The number of allylic oxidation sites excluding steroid dienone is 4. The Balaban J connectivity index is 1.55. The molecule has 4 rings (SSSR count). The highest BCUT2D eigenvalue weighted by Crippen LogP contribution is 2.23. The fraction of sp³-hybridized carbons (Fsp3) is 0.250. The highest BCUT2D eigenvalue weighted by molar-refractivity contribution is 5.77. The first-order valence-corrected chi connectivity index (χ1v) is 8.57. The van der Waals surface area contributed by atoms with Crippen molar-refractivity contribution in [3.63, 3.8) is 0 Å². The molecule has 0 amide bonds. The van der Waals surface area contributed by atoms with Crippen molar-refractivity contribution in [1.29, 1.82) is 0 Å². The van der Waals surface area contributed by atoms with E-state index in [0.717, 1.165) is 36.2 Å². The zero-order valence-electron chi connectivity index (χ0n) is 14.2. The van der Waals surface area contributed by atoms with Gasteiger partial charge in [-0.3, -0.25) is 9.48 Å². The van der Waals surface area contributed by atoms with Crippen LogP contribution >= 0.6 is 0 Å². The van der Waals surface area contributed by atoms with E-state index < -0.39 is 0 Å². The van der Waals surface area contributed by atoms with E-state index in [4.69, 9.17) is 0 Å². The molecule has 0 saturated heterocycles. The molecule has 0 saturated carbocycles. The molecule has 25 heavy (non-hydrogen) atoms. The van der Waals surface area contributed by atoms with Gasteiger partial charge in [0.1, 0.15) is 5.82 Å². The molecule has 1 N–H and O–H groups in total. The summed E-state index contributed by atoms with van der Waals surface area (Å²) >= 11 is 0. The molecule has 2 heterocycles. The summed E-state index contributed by atoms with van der Waals surface area (Å²) in [5.41, 5.74) is 4.13. The number of nitrogens with one attached hydrogen (secondary N) is 1. The Labute approximate surface area is 145 Å². The van der Waals surface area contributed by atoms with Gasteiger partial charge in [0.05, 0.1) is 16.6 Å². The molecule has 1 aromatic carbocycles. The summed E-state index contributed by atoms with van der Waals surface area (Å²) in [4.78, 5) is 19.6. The lowest BCUT2D eigenvalue weighted by Crippen LogP contribution is -2.13. The smallest absolute Gasteiger partial charge is 0.258 e. The number of H-pyrrole nitrogens is 1. The lowest BCUT2D eigenvalue weighted by molar-refractivity contribution is 0.692. The number of para-hydroxylation sites is 1. The van der Waals surface area contributed by atoms with E-state index in [1.807, 2.05) is 29.9 Å². The minimum atomic E-state index is -0.0783. The molecule has 1 aliphatic carbocycles. The van der Waals surface area contributed by atoms with Crippen molar-refractivity contribution in [3.8, 4) is 0 Å². The number of aromatic amines is 1. The molecule has 0 unspecified atom stereocenters. The monoisotopic (exact) mass is 332 g/mol. The summed E-state index contributed by atoms with van der Waals surface area (Å²) in [6.45, 7) is 0. The highest BCUT2D eigenvalue weighted by Gasteiger charge is 2.11. The van der Waals surface area contributed by atoms with Crippen molar-refractivity contribution in [2.24, 2.45) is 7.05 Å². The highest BCUT2D eigenvalue weighted by atomic mass is 16.1. The molecule has 0 spiro atoms. The number of hydrogen-bond donors (Lipinski definition) is 1. The molecule has 1 aliphatic rings. The van der Waals surface area contributed by atoms with Crippen LogP contribution < -0.4 is 5.56 Å². The average Bonchev–Trinajstić information content (AvgIpc) is 3.02. The van der Waals surface area contributed by atoms with Crippen molar-refractivity contribution >= 4 is 16.5 Å². The molecular formula is C20H20N4O. The third-order valence-corrected chi connectivity index (χ3v) is 4.60. The van der Waals surface area contributed by atoms with Gasteiger partial charge in [0.25, 0.3) is 5.56 Å². The first-order chi connectivity index (χ1) is 12.2. The van der Waals surface area contributed by atoms with E-state index in [2.05, 4.69) is 39.4 Å². The van der Waals surface area contributed by atoms with Gasteiger partial charge in [0.15, 0.2) is 0 Å². The molecule has 0 aliphatic heterocycles. The molecule has 0 radical (unpaired) electrons. The maximum absolute atomic E-state index is 12.2. The first-order valence-electron chi connectivity index (χ1n) is 8.57. The molecule has 126 valence electrons. The molecule has 0 bridgehead atoms. The number of benzene rings is 1. The fourth-order valence-corrected chi connectivity index (χ4v) is 3.21. The summed E-state index contributed by atoms with van der Waals surface area (Å²) < 4.78 is 1.92. The van der Waals surface area contributed by atoms with Crippen LogP contribution in [0.15, 0.2) is 53.4 Å². The summed E-state index contributed by atoms with van der Waals surface area (Å²) in [7, 11) is 1.97. The van der Waals surface area contributed by atoms with Gasteiger partial charge in [-0.1, -0.05) is 30.4 Å². The Bertz CT molecular complexity index is 1040. The Kier molecular flexibility index (Phi) is 4.06. The van der Waals surface area contributed by atoms with Gasteiger partial charge < -0.3 is 4.98 Å². The summed E-state index contributed by atoms with van der Waals surface area (Å²) in [5, 5.41) is 5.27. The number of rotatable bonds is 4. The molecule has 5 nitrogen and oxygen atoms in total. The standard InChI is InChI=1S/C20H20N4O/c1-24-15(13-18(23-24)14-7-3-2-4-8-14)11-12-19-21-17-10-6-5-9-16(17)20(25)22-19/h2-3,5-7,9-10,13H,4,8,11-12H2,1H3,(H,21,22,25). The normalized spacial score (nSPS) is 14.0. The van der Waals surface area contributed by atoms with Crippen LogP contribution in [-0.2, 0) is 19.9 Å². The average molecular weight is 332 g/mol. The van der Waals surface area contributed by atoms with E-state index in [0.29, 0.717) is 17.6 Å². The van der Waals surface area contributed by atoms with Gasteiger partial charge in [0.2, 0.25) is 0 Å². The molecule has 0 atom stereocenters. The maximum Gasteiger partial charge on any atom is 0.258 e. The SMILES string of the molecule is Cn1nc(C2=CC=CCC2)cc1CCc1nc2ccccc2c(=O)[nH]1. The van der Waals surface area contributed by atoms with E-state index in [-0.39, 0.29) is 5.56 Å². The number of fused-ring (bicyclic) bond motifs is 1. The third-order valence-electron chi connectivity index (χ3n) is 4.60. The topological polar surface area (TPSA) is 63.6 Å². The van der Waals surface area contributed by atoms with Crippen LogP contribution in [-0.4, -0.2) is 19.7 Å².